The zero-order valence-electron chi connectivity index (χ0n) is 11.3. The lowest BCUT2D eigenvalue weighted by Crippen LogP contribution is -2.49. The summed E-state index contributed by atoms with van der Waals surface area (Å²) in [5.74, 6) is 0.828. The van der Waals surface area contributed by atoms with Crippen molar-refractivity contribution < 1.29 is 9.90 Å². The van der Waals surface area contributed by atoms with Crippen molar-refractivity contribution in [2.75, 3.05) is 36.4 Å². The summed E-state index contributed by atoms with van der Waals surface area (Å²) >= 11 is 0. The number of nitrogens with one attached hydrogen (secondary N) is 1. The number of amides is 1. The highest BCUT2D eigenvalue weighted by atomic mass is 16.4. The Morgan fingerprint density at radius 2 is 2.05 bits per heavy atom. The van der Waals surface area contributed by atoms with Crippen LogP contribution in [0.3, 0.4) is 0 Å². The van der Waals surface area contributed by atoms with Crippen LogP contribution in [0.1, 0.15) is 13.8 Å². The van der Waals surface area contributed by atoms with Gasteiger partial charge in [-0.3, -0.25) is 10.2 Å². The van der Waals surface area contributed by atoms with E-state index in [0.29, 0.717) is 11.7 Å². The summed E-state index contributed by atoms with van der Waals surface area (Å²) in [7, 11) is 0. The number of rotatable bonds is 3. The number of hydrogen-bond acceptors (Lipinski definition) is 4. The van der Waals surface area contributed by atoms with Crippen molar-refractivity contribution in [3.05, 3.63) is 18.3 Å². The van der Waals surface area contributed by atoms with E-state index < -0.39 is 6.09 Å². The maximum atomic E-state index is 10.6. The Morgan fingerprint density at radius 1 is 1.37 bits per heavy atom. The van der Waals surface area contributed by atoms with Crippen LogP contribution in [0.2, 0.25) is 0 Å². The van der Waals surface area contributed by atoms with E-state index in [1.807, 2.05) is 0 Å². The first-order chi connectivity index (χ1) is 9.06. The van der Waals surface area contributed by atoms with Gasteiger partial charge in [-0.1, -0.05) is 0 Å². The Balaban J connectivity index is 2.01. The molecule has 0 saturated carbocycles. The first kappa shape index (κ1) is 13.6. The first-order valence-corrected chi connectivity index (χ1v) is 6.51. The molecule has 1 saturated heterocycles. The molecule has 1 aromatic heterocycles. The zero-order chi connectivity index (χ0) is 13.8. The van der Waals surface area contributed by atoms with Crippen molar-refractivity contribution in [2.45, 2.75) is 19.9 Å². The fourth-order valence-corrected chi connectivity index (χ4v) is 2.26. The van der Waals surface area contributed by atoms with Crippen LogP contribution in [0, 0.1) is 0 Å². The van der Waals surface area contributed by atoms with E-state index in [-0.39, 0.29) is 0 Å². The summed E-state index contributed by atoms with van der Waals surface area (Å²) in [6.45, 7) is 8.26. The highest BCUT2D eigenvalue weighted by Crippen LogP contribution is 2.18. The van der Waals surface area contributed by atoms with Crippen molar-refractivity contribution in [2.24, 2.45) is 0 Å². The quantitative estimate of drug-likeness (QED) is 0.869. The zero-order valence-corrected chi connectivity index (χ0v) is 11.3. The number of hydrogen-bond donors (Lipinski definition) is 2. The molecule has 1 aliphatic rings. The molecule has 0 aliphatic carbocycles. The normalized spacial score (nSPS) is 16.7. The van der Waals surface area contributed by atoms with Gasteiger partial charge >= 0.3 is 6.09 Å². The third kappa shape index (κ3) is 3.57. The number of pyridine rings is 1. The molecule has 1 amide bonds. The molecule has 0 atom stereocenters. The molecule has 1 fully saturated rings. The smallest absolute Gasteiger partial charge is 0.409 e. The molecule has 104 valence electrons. The monoisotopic (exact) mass is 264 g/mol. The molecule has 0 bridgehead atoms. The Hall–Kier alpha value is -1.82. The average molecular weight is 264 g/mol. The third-order valence-electron chi connectivity index (χ3n) is 3.37. The fourth-order valence-electron chi connectivity index (χ4n) is 2.26. The average Bonchev–Trinajstić information content (AvgIpc) is 2.38. The van der Waals surface area contributed by atoms with Crippen molar-refractivity contribution in [3.63, 3.8) is 0 Å². The highest BCUT2D eigenvalue weighted by Gasteiger charge is 2.19. The molecule has 0 spiro atoms. The number of carboxylic acid groups (broad SMARTS) is 1. The van der Waals surface area contributed by atoms with Crippen LogP contribution >= 0.6 is 0 Å². The van der Waals surface area contributed by atoms with Crippen molar-refractivity contribution in [1.29, 1.82) is 0 Å². The summed E-state index contributed by atoms with van der Waals surface area (Å²) in [5, 5.41) is 11.1. The minimum Gasteiger partial charge on any atom is -0.465 e. The third-order valence-corrected chi connectivity index (χ3v) is 3.37. The lowest BCUT2D eigenvalue weighted by Gasteiger charge is -2.37. The molecule has 6 nitrogen and oxygen atoms in total. The lowest BCUT2D eigenvalue weighted by atomic mass is 10.2. The van der Waals surface area contributed by atoms with Gasteiger partial charge in [0.25, 0.3) is 0 Å². The molecule has 0 radical (unpaired) electrons. The molecule has 1 aromatic rings. The van der Waals surface area contributed by atoms with Crippen molar-refractivity contribution in [1.82, 2.24) is 9.88 Å². The molecule has 2 rings (SSSR count). The van der Waals surface area contributed by atoms with Crippen LogP contribution in [-0.2, 0) is 0 Å². The van der Waals surface area contributed by atoms with E-state index in [1.54, 1.807) is 18.3 Å². The summed E-state index contributed by atoms with van der Waals surface area (Å²) in [6.07, 6.45) is 0.580. The summed E-state index contributed by atoms with van der Waals surface area (Å²) in [5.41, 5.74) is 0.559. The van der Waals surface area contributed by atoms with Crippen molar-refractivity contribution >= 4 is 17.6 Å². The Kier molecular flexibility index (Phi) is 4.21. The fraction of sp³-hybridized carbons (Fsp3) is 0.538. The van der Waals surface area contributed by atoms with Crippen LogP contribution in [0.25, 0.3) is 0 Å². The number of aromatic nitrogens is 1. The van der Waals surface area contributed by atoms with Gasteiger partial charge in [-0.05, 0) is 19.9 Å². The van der Waals surface area contributed by atoms with E-state index in [0.717, 1.165) is 32.0 Å². The van der Waals surface area contributed by atoms with Gasteiger partial charge in [-0.15, -0.1) is 0 Å². The maximum absolute atomic E-state index is 10.6. The maximum Gasteiger partial charge on any atom is 0.409 e. The molecule has 6 heteroatoms. The molecule has 2 heterocycles. The van der Waals surface area contributed by atoms with Gasteiger partial charge in [0.2, 0.25) is 0 Å². The largest absolute Gasteiger partial charge is 0.465 e. The molecule has 2 N–H and O–H groups in total. The van der Waals surface area contributed by atoms with Crippen LogP contribution in [0.4, 0.5) is 16.3 Å². The standard InChI is InChI=1S/C13H20N4O2/c1-10(2)16-5-7-17(8-6-16)12-9-11(3-4-14-12)15-13(18)19/h3-4,9-10H,5-8H2,1-2H3,(H,14,15)(H,18,19). The number of piperazine rings is 1. The molecule has 0 aromatic carbocycles. The summed E-state index contributed by atoms with van der Waals surface area (Å²) in [6, 6.07) is 4.00. The molecule has 1 aliphatic heterocycles. The second-order valence-electron chi connectivity index (χ2n) is 4.95. The van der Waals surface area contributed by atoms with Gasteiger partial charge in [0.15, 0.2) is 0 Å². The minimum atomic E-state index is -1.05. The van der Waals surface area contributed by atoms with Crippen molar-refractivity contribution in [3.8, 4) is 0 Å². The van der Waals surface area contributed by atoms with E-state index in [2.05, 4.69) is 33.9 Å². The highest BCUT2D eigenvalue weighted by molar-refractivity contribution is 5.83. The number of nitrogens with zero attached hydrogens (tertiary/aromatic N) is 3. The summed E-state index contributed by atoms with van der Waals surface area (Å²) in [4.78, 5) is 19.6. The van der Waals surface area contributed by atoms with Gasteiger partial charge in [0.1, 0.15) is 5.82 Å². The van der Waals surface area contributed by atoms with Crippen LogP contribution in [0.5, 0.6) is 0 Å². The van der Waals surface area contributed by atoms with Crippen LogP contribution in [0.15, 0.2) is 18.3 Å². The summed E-state index contributed by atoms with van der Waals surface area (Å²) < 4.78 is 0. The number of anilines is 2. The molecule has 19 heavy (non-hydrogen) atoms. The predicted octanol–water partition coefficient (Wildman–Crippen LogP) is 1.70. The second kappa shape index (κ2) is 5.88. The van der Waals surface area contributed by atoms with Crippen LogP contribution < -0.4 is 10.2 Å². The van der Waals surface area contributed by atoms with E-state index in [1.165, 1.54) is 0 Å². The van der Waals surface area contributed by atoms with Gasteiger partial charge in [-0.2, -0.15) is 0 Å². The lowest BCUT2D eigenvalue weighted by molar-refractivity contribution is 0.208. The number of carbonyl (C=O) groups is 1. The minimum absolute atomic E-state index is 0.559. The van der Waals surface area contributed by atoms with Gasteiger partial charge in [-0.25, -0.2) is 9.78 Å². The molecular weight excluding hydrogens is 244 g/mol. The predicted molar refractivity (Wildman–Crippen MR) is 74.8 cm³/mol. The van der Waals surface area contributed by atoms with E-state index in [4.69, 9.17) is 5.11 Å². The molecular formula is C13H20N4O2. The second-order valence-corrected chi connectivity index (χ2v) is 4.95. The van der Waals surface area contributed by atoms with Gasteiger partial charge < -0.3 is 10.0 Å². The first-order valence-electron chi connectivity index (χ1n) is 6.51. The van der Waals surface area contributed by atoms with E-state index in [9.17, 15) is 4.79 Å². The van der Waals surface area contributed by atoms with Gasteiger partial charge in [0.05, 0.1) is 0 Å². The topological polar surface area (TPSA) is 68.7 Å². The molecule has 0 unspecified atom stereocenters. The van der Waals surface area contributed by atoms with Crippen LogP contribution in [-0.4, -0.2) is 53.3 Å². The van der Waals surface area contributed by atoms with Gasteiger partial charge in [0, 0.05) is 50.2 Å². The Bertz CT molecular complexity index is 442. The Morgan fingerprint density at radius 3 is 2.63 bits per heavy atom. The van der Waals surface area contributed by atoms with E-state index >= 15 is 0 Å². The Labute approximate surface area is 113 Å². The SMILES string of the molecule is CC(C)N1CCN(c2cc(NC(=O)O)ccn2)CC1.